The zero-order valence-electron chi connectivity index (χ0n) is 19.2. The number of thioether (sulfide) groups is 1. The lowest BCUT2D eigenvalue weighted by atomic mass is 9.83. The van der Waals surface area contributed by atoms with Gasteiger partial charge in [-0.2, -0.15) is 5.26 Å². The lowest BCUT2D eigenvalue weighted by molar-refractivity contribution is -0.121. The summed E-state index contributed by atoms with van der Waals surface area (Å²) in [6, 6.07) is 15.5. The minimum atomic E-state index is -0.797. The van der Waals surface area contributed by atoms with Crippen LogP contribution in [-0.2, 0) is 4.79 Å². The van der Waals surface area contributed by atoms with Crippen LogP contribution in [0.15, 0.2) is 52.4 Å². The molecule has 0 aliphatic heterocycles. The van der Waals surface area contributed by atoms with E-state index in [9.17, 15) is 14.9 Å². The maximum Gasteiger partial charge on any atom is 0.266 e. The van der Waals surface area contributed by atoms with E-state index in [0.717, 1.165) is 36.1 Å². The summed E-state index contributed by atoms with van der Waals surface area (Å²) in [5, 5.41) is 13.2. The highest BCUT2D eigenvalue weighted by Crippen LogP contribution is 2.30. The number of nitriles is 1. The van der Waals surface area contributed by atoms with Gasteiger partial charge in [0.15, 0.2) is 5.16 Å². The number of hydrogen-bond donors (Lipinski definition) is 1. The normalized spacial score (nSPS) is 16.2. The van der Waals surface area contributed by atoms with E-state index in [1.54, 1.807) is 17.6 Å². The number of amides is 1. The molecule has 1 atom stereocenters. The third-order valence-corrected chi connectivity index (χ3v) is 7.33. The summed E-state index contributed by atoms with van der Waals surface area (Å²) in [4.78, 5) is 31.4. The van der Waals surface area contributed by atoms with Crippen LogP contribution in [0.2, 0.25) is 0 Å². The van der Waals surface area contributed by atoms with E-state index in [1.165, 1.54) is 11.8 Å². The molecule has 0 radical (unpaired) electrons. The minimum absolute atomic E-state index is 0.163. The predicted molar refractivity (Wildman–Crippen MR) is 132 cm³/mol. The quantitative estimate of drug-likeness (QED) is 0.435. The zero-order valence-corrected chi connectivity index (χ0v) is 20.0. The standard InChI is InChI=1S/C26H28N4O2S/c1-17-11-12-22(18(2)15-17)30-24(32)20-9-5-6-10-21(20)28-25(30)33-19(3)23(31)29-26(16-27)13-7-4-8-14-26/h5-6,9-12,15,19H,4,7-8,13-14H2,1-3H3,(H,29,31)/t19-/m0/s1. The number of fused-ring (bicyclic) bond motifs is 1. The molecule has 1 saturated carbocycles. The molecule has 2 aromatic carbocycles. The van der Waals surface area contributed by atoms with E-state index >= 15 is 0 Å². The molecule has 0 bridgehead atoms. The van der Waals surface area contributed by atoms with Gasteiger partial charge in [0.2, 0.25) is 5.91 Å². The Hall–Kier alpha value is -3.11. The third-order valence-electron chi connectivity index (χ3n) is 6.27. The van der Waals surface area contributed by atoms with Crippen molar-refractivity contribution in [2.45, 2.75) is 68.8 Å². The molecular formula is C26H28N4O2S. The van der Waals surface area contributed by atoms with Crippen LogP contribution >= 0.6 is 11.8 Å². The number of aryl methyl sites for hydroxylation is 2. The topological polar surface area (TPSA) is 87.8 Å². The maximum absolute atomic E-state index is 13.5. The fraction of sp³-hybridized carbons (Fsp3) is 0.385. The number of para-hydroxylation sites is 1. The Morgan fingerprint density at radius 3 is 2.61 bits per heavy atom. The first-order valence-corrected chi connectivity index (χ1v) is 12.2. The van der Waals surface area contributed by atoms with Crippen LogP contribution in [0.5, 0.6) is 0 Å². The highest BCUT2D eigenvalue weighted by Gasteiger charge is 2.35. The average molecular weight is 461 g/mol. The lowest BCUT2D eigenvalue weighted by Gasteiger charge is -2.32. The van der Waals surface area contributed by atoms with Crippen LogP contribution in [0.25, 0.3) is 16.6 Å². The zero-order chi connectivity index (χ0) is 23.6. The van der Waals surface area contributed by atoms with Crippen LogP contribution in [-0.4, -0.2) is 26.2 Å². The second kappa shape index (κ2) is 9.40. The molecule has 3 aromatic rings. The molecular weight excluding hydrogens is 432 g/mol. The van der Waals surface area contributed by atoms with Gasteiger partial charge in [0.05, 0.1) is 27.9 Å². The number of hydrogen-bond acceptors (Lipinski definition) is 5. The van der Waals surface area contributed by atoms with Gasteiger partial charge in [-0.15, -0.1) is 0 Å². The van der Waals surface area contributed by atoms with Gasteiger partial charge in [-0.3, -0.25) is 14.2 Å². The number of nitrogens with zero attached hydrogens (tertiary/aromatic N) is 3. The predicted octanol–water partition coefficient (Wildman–Crippen LogP) is 4.83. The second-order valence-electron chi connectivity index (χ2n) is 8.85. The molecule has 1 heterocycles. The summed E-state index contributed by atoms with van der Waals surface area (Å²) in [6.07, 6.45) is 4.32. The van der Waals surface area contributed by atoms with Gasteiger partial charge < -0.3 is 5.32 Å². The number of carbonyl (C=O) groups excluding carboxylic acids is 1. The van der Waals surface area contributed by atoms with Crippen LogP contribution in [0.3, 0.4) is 0 Å². The number of carbonyl (C=O) groups is 1. The first-order chi connectivity index (χ1) is 15.8. The Morgan fingerprint density at radius 2 is 1.91 bits per heavy atom. The fourth-order valence-corrected chi connectivity index (χ4v) is 5.35. The third kappa shape index (κ3) is 4.67. The molecule has 0 spiro atoms. The van der Waals surface area contributed by atoms with Crippen molar-refractivity contribution in [2.24, 2.45) is 0 Å². The minimum Gasteiger partial charge on any atom is -0.337 e. The molecule has 4 rings (SSSR count). The summed E-state index contributed by atoms with van der Waals surface area (Å²) < 4.78 is 1.60. The Labute approximate surface area is 198 Å². The molecule has 33 heavy (non-hydrogen) atoms. The number of nitrogens with one attached hydrogen (secondary N) is 1. The molecule has 170 valence electrons. The smallest absolute Gasteiger partial charge is 0.266 e. The van der Waals surface area contributed by atoms with Crippen LogP contribution < -0.4 is 10.9 Å². The second-order valence-corrected chi connectivity index (χ2v) is 10.2. The highest BCUT2D eigenvalue weighted by atomic mass is 32.2. The van der Waals surface area contributed by atoms with E-state index in [4.69, 9.17) is 4.98 Å². The van der Waals surface area contributed by atoms with E-state index in [-0.39, 0.29) is 11.5 Å². The van der Waals surface area contributed by atoms with Crippen molar-refractivity contribution >= 4 is 28.6 Å². The molecule has 1 amide bonds. The summed E-state index contributed by atoms with van der Waals surface area (Å²) in [7, 11) is 0. The first-order valence-electron chi connectivity index (χ1n) is 11.3. The summed E-state index contributed by atoms with van der Waals surface area (Å²) in [5.41, 5.74) is 2.45. The molecule has 1 aromatic heterocycles. The molecule has 0 unspecified atom stereocenters. The highest BCUT2D eigenvalue weighted by molar-refractivity contribution is 8.00. The van der Waals surface area contributed by atoms with E-state index in [0.29, 0.717) is 28.9 Å². The Bertz CT molecular complexity index is 1300. The van der Waals surface area contributed by atoms with Crippen molar-refractivity contribution in [2.75, 3.05) is 0 Å². The van der Waals surface area contributed by atoms with Crippen molar-refractivity contribution in [3.63, 3.8) is 0 Å². The molecule has 6 nitrogen and oxygen atoms in total. The van der Waals surface area contributed by atoms with Crippen molar-refractivity contribution < 1.29 is 4.79 Å². The van der Waals surface area contributed by atoms with Gasteiger partial charge in [-0.05, 0) is 57.4 Å². The van der Waals surface area contributed by atoms with Crippen molar-refractivity contribution in [3.05, 3.63) is 63.9 Å². The summed E-state index contributed by atoms with van der Waals surface area (Å²) in [6.45, 7) is 5.77. The molecule has 1 N–H and O–H groups in total. The average Bonchev–Trinajstić information content (AvgIpc) is 2.81. The maximum atomic E-state index is 13.5. The van der Waals surface area contributed by atoms with Crippen LogP contribution in [0.4, 0.5) is 0 Å². The van der Waals surface area contributed by atoms with E-state index in [1.807, 2.05) is 50.2 Å². The van der Waals surface area contributed by atoms with Gasteiger partial charge in [0.25, 0.3) is 5.56 Å². The van der Waals surface area contributed by atoms with Gasteiger partial charge in [0.1, 0.15) is 5.54 Å². The molecule has 7 heteroatoms. The number of rotatable bonds is 5. The van der Waals surface area contributed by atoms with Gasteiger partial charge in [-0.25, -0.2) is 4.98 Å². The molecule has 1 aliphatic carbocycles. The molecule has 0 saturated heterocycles. The Balaban J connectivity index is 1.73. The van der Waals surface area contributed by atoms with Crippen molar-refractivity contribution in [1.82, 2.24) is 14.9 Å². The Kier molecular flexibility index (Phi) is 6.57. The Morgan fingerprint density at radius 1 is 1.18 bits per heavy atom. The number of aromatic nitrogens is 2. The SMILES string of the molecule is Cc1ccc(-n2c(S[C@@H](C)C(=O)NC3(C#N)CCCCC3)nc3ccccc3c2=O)c(C)c1. The first kappa shape index (κ1) is 23.1. The van der Waals surface area contributed by atoms with E-state index in [2.05, 4.69) is 11.4 Å². The van der Waals surface area contributed by atoms with Gasteiger partial charge in [0, 0.05) is 0 Å². The number of benzene rings is 2. The van der Waals surface area contributed by atoms with Crippen molar-refractivity contribution in [1.29, 1.82) is 5.26 Å². The molecule has 1 fully saturated rings. The summed E-state index contributed by atoms with van der Waals surface area (Å²) >= 11 is 1.24. The fourth-order valence-electron chi connectivity index (χ4n) is 4.43. The van der Waals surface area contributed by atoms with Crippen LogP contribution in [0.1, 0.15) is 50.2 Å². The monoisotopic (exact) mass is 460 g/mol. The molecule has 1 aliphatic rings. The van der Waals surface area contributed by atoms with Gasteiger partial charge in [-0.1, -0.05) is 60.9 Å². The lowest BCUT2D eigenvalue weighted by Crippen LogP contribution is -2.51. The van der Waals surface area contributed by atoms with Gasteiger partial charge >= 0.3 is 0 Å². The largest absolute Gasteiger partial charge is 0.337 e. The van der Waals surface area contributed by atoms with Crippen LogP contribution in [0, 0.1) is 25.2 Å². The van der Waals surface area contributed by atoms with E-state index < -0.39 is 10.8 Å². The van der Waals surface area contributed by atoms with Crippen molar-refractivity contribution in [3.8, 4) is 11.8 Å². The summed E-state index contributed by atoms with van der Waals surface area (Å²) in [5.74, 6) is -0.210.